The fourth-order valence-corrected chi connectivity index (χ4v) is 3.02. The van der Waals surface area contributed by atoms with Crippen LogP contribution in [0.25, 0.3) is 0 Å². The number of rotatable bonds is 4. The molecule has 0 atom stereocenters. The van der Waals surface area contributed by atoms with E-state index in [4.69, 9.17) is 0 Å². The lowest BCUT2D eigenvalue weighted by Crippen LogP contribution is -2.45. The molecular formula is C18H19F4N3. The van der Waals surface area contributed by atoms with Crippen LogP contribution in [0.2, 0.25) is 0 Å². The Morgan fingerprint density at radius 2 is 1.48 bits per heavy atom. The molecule has 0 unspecified atom stereocenters. The van der Waals surface area contributed by atoms with Gasteiger partial charge in [-0.25, -0.2) is 4.39 Å². The van der Waals surface area contributed by atoms with E-state index in [0.717, 1.165) is 25.2 Å². The monoisotopic (exact) mass is 353 g/mol. The zero-order valence-corrected chi connectivity index (χ0v) is 13.6. The summed E-state index contributed by atoms with van der Waals surface area (Å²) in [6, 6.07) is 9.41. The van der Waals surface area contributed by atoms with Crippen molar-refractivity contribution < 1.29 is 17.6 Å². The molecule has 3 nitrogen and oxygen atoms in total. The highest BCUT2D eigenvalue weighted by Gasteiger charge is 2.35. The second-order valence-corrected chi connectivity index (χ2v) is 6.19. The van der Waals surface area contributed by atoms with E-state index in [1.54, 1.807) is 12.1 Å². The molecule has 0 amide bonds. The Hall–Kier alpha value is -1.99. The Bertz CT molecular complexity index is 692. The summed E-state index contributed by atoms with van der Waals surface area (Å²) in [5, 5.41) is 0. The van der Waals surface area contributed by atoms with Gasteiger partial charge < -0.3 is 0 Å². The van der Waals surface area contributed by atoms with Crippen LogP contribution in [0.5, 0.6) is 0 Å². The van der Waals surface area contributed by atoms with Gasteiger partial charge in [-0.05, 0) is 29.3 Å². The lowest BCUT2D eigenvalue weighted by atomic mass is 10.1. The summed E-state index contributed by atoms with van der Waals surface area (Å²) in [5.41, 5.74) is 0.437. The summed E-state index contributed by atoms with van der Waals surface area (Å²) in [7, 11) is 0. The summed E-state index contributed by atoms with van der Waals surface area (Å²) in [4.78, 5) is 7.73. The molecule has 0 radical (unpaired) electrons. The van der Waals surface area contributed by atoms with Crippen molar-refractivity contribution in [3.8, 4) is 0 Å². The standard InChI is InChI=1S/C18H19F4N3/c19-16-5-3-14(4-6-16)12-24-8-10-25(11-9-24)13-15-2-1-7-23-17(15)18(20,21)22/h1-7H,8-13H2. The van der Waals surface area contributed by atoms with Crippen molar-refractivity contribution in [3.05, 3.63) is 65.2 Å². The van der Waals surface area contributed by atoms with E-state index in [1.165, 1.54) is 30.5 Å². The maximum absolute atomic E-state index is 13.0. The molecule has 1 aliphatic rings. The second kappa shape index (κ2) is 7.49. The minimum absolute atomic E-state index is 0.210. The van der Waals surface area contributed by atoms with Crippen LogP contribution >= 0.6 is 0 Å². The maximum atomic E-state index is 13.0. The molecule has 25 heavy (non-hydrogen) atoms. The van der Waals surface area contributed by atoms with Gasteiger partial charge >= 0.3 is 6.18 Å². The fourth-order valence-electron chi connectivity index (χ4n) is 3.02. The molecule has 0 bridgehead atoms. The first-order valence-electron chi connectivity index (χ1n) is 8.12. The highest BCUT2D eigenvalue weighted by molar-refractivity contribution is 5.22. The molecule has 1 fully saturated rings. The van der Waals surface area contributed by atoms with Crippen LogP contribution in [-0.4, -0.2) is 41.0 Å². The van der Waals surface area contributed by atoms with Crippen molar-refractivity contribution in [2.75, 3.05) is 26.2 Å². The number of piperazine rings is 1. The zero-order chi connectivity index (χ0) is 17.9. The van der Waals surface area contributed by atoms with Gasteiger partial charge in [0.1, 0.15) is 11.5 Å². The predicted molar refractivity (Wildman–Crippen MR) is 86.2 cm³/mol. The highest BCUT2D eigenvalue weighted by atomic mass is 19.4. The van der Waals surface area contributed by atoms with Crippen LogP contribution in [0.4, 0.5) is 17.6 Å². The Morgan fingerprint density at radius 1 is 0.880 bits per heavy atom. The molecule has 0 saturated carbocycles. The number of hydrogen-bond acceptors (Lipinski definition) is 3. The first-order valence-corrected chi connectivity index (χ1v) is 8.12. The molecule has 134 valence electrons. The fraction of sp³-hybridized carbons (Fsp3) is 0.389. The second-order valence-electron chi connectivity index (χ2n) is 6.19. The van der Waals surface area contributed by atoms with Gasteiger partial charge in [0.25, 0.3) is 0 Å². The Labute approximate surface area is 143 Å². The Balaban J connectivity index is 1.56. The molecule has 0 spiro atoms. The van der Waals surface area contributed by atoms with E-state index in [2.05, 4.69) is 9.88 Å². The summed E-state index contributed by atoms with van der Waals surface area (Å²) >= 11 is 0. The van der Waals surface area contributed by atoms with Crippen LogP contribution in [0.1, 0.15) is 16.8 Å². The third-order valence-electron chi connectivity index (χ3n) is 4.34. The number of alkyl halides is 3. The van der Waals surface area contributed by atoms with Gasteiger partial charge in [0.2, 0.25) is 0 Å². The van der Waals surface area contributed by atoms with Gasteiger partial charge in [-0.2, -0.15) is 13.2 Å². The Kier molecular flexibility index (Phi) is 5.34. The molecule has 1 aromatic heterocycles. The summed E-state index contributed by atoms with van der Waals surface area (Å²) in [6.45, 7) is 3.86. The van der Waals surface area contributed by atoms with Crippen molar-refractivity contribution >= 4 is 0 Å². The quantitative estimate of drug-likeness (QED) is 0.784. The highest BCUT2D eigenvalue weighted by Crippen LogP contribution is 2.30. The summed E-state index contributed by atoms with van der Waals surface area (Å²) < 4.78 is 52.0. The number of pyridine rings is 1. The van der Waals surface area contributed by atoms with Crippen LogP contribution in [-0.2, 0) is 19.3 Å². The largest absolute Gasteiger partial charge is 0.433 e. The average Bonchev–Trinajstić information content (AvgIpc) is 2.58. The number of hydrogen-bond donors (Lipinski definition) is 0. The molecule has 3 rings (SSSR count). The van der Waals surface area contributed by atoms with Gasteiger partial charge in [-0.3, -0.25) is 14.8 Å². The molecule has 0 N–H and O–H groups in total. The third-order valence-corrected chi connectivity index (χ3v) is 4.34. The molecule has 1 aliphatic heterocycles. The van der Waals surface area contributed by atoms with Crippen LogP contribution < -0.4 is 0 Å². The molecule has 2 aromatic rings. The van der Waals surface area contributed by atoms with Crippen molar-refractivity contribution in [2.24, 2.45) is 0 Å². The predicted octanol–water partition coefficient (Wildman–Crippen LogP) is 3.56. The van der Waals surface area contributed by atoms with Gasteiger partial charge in [-0.15, -0.1) is 0 Å². The van der Waals surface area contributed by atoms with Gasteiger partial charge in [0.15, 0.2) is 0 Å². The van der Waals surface area contributed by atoms with E-state index in [0.29, 0.717) is 13.1 Å². The van der Waals surface area contributed by atoms with Crippen LogP contribution in [0.3, 0.4) is 0 Å². The van der Waals surface area contributed by atoms with E-state index < -0.39 is 11.9 Å². The van der Waals surface area contributed by atoms with E-state index in [9.17, 15) is 17.6 Å². The number of nitrogens with zero attached hydrogens (tertiary/aromatic N) is 3. The van der Waals surface area contributed by atoms with Crippen molar-refractivity contribution in [1.82, 2.24) is 14.8 Å². The zero-order valence-electron chi connectivity index (χ0n) is 13.6. The maximum Gasteiger partial charge on any atom is 0.433 e. The van der Waals surface area contributed by atoms with Crippen molar-refractivity contribution in [2.45, 2.75) is 19.3 Å². The lowest BCUT2D eigenvalue weighted by Gasteiger charge is -2.35. The smallest absolute Gasteiger partial charge is 0.297 e. The minimum Gasteiger partial charge on any atom is -0.297 e. The summed E-state index contributed by atoms with van der Waals surface area (Å²) in [5.74, 6) is -0.259. The van der Waals surface area contributed by atoms with Gasteiger partial charge in [0, 0.05) is 45.5 Å². The van der Waals surface area contributed by atoms with Crippen LogP contribution in [0.15, 0.2) is 42.6 Å². The SMILES string of the molecule is Fc1ccc(CN2CCN(Cc3cccnc3C(F)(F)F)CC2)cc1. The third kappa shape index (κ3) is 4.76. The number of aromatic nitrogens is 1. The molecular weight excluding hydrogens is 334 g/mol. The first kappa shape index (κ1) is 17.8. The first-order chi connectivity index (χ1) is 11.9. The van der Waals surface area contributed by atoms with Gasteiger partial charge in [-0.1, -0.05) is 18.2 Å². The normalized spacial score (nSPS) is 17.0. The lowest BCUT2D eigenvalue weighted by molar-refractivity contribution is -0.142. The minimum atomic E-state index is -4.43. The molecule has 7 heteroatoms. The molecule has 0 aliphatic carbocycles. The van der Waals surface area contributed by atoms with E-state index >= 15 is 0 Å². The van der Waals surface area contributed by atoms with Gasteiger partial charge in [0.05, 0.1) is 0 Å². The Morgan fingerprint density at radius 3 is 2.08 bits per heavy atom. The van der Waals surface area contributed by atoms with Crippen LogP contribution in [0, 0.1) is 5.82 Å². The van der Waals surface area contributed by atoms with E-state index in [1.807, 2.05) is 4.90 Å². The average molecular weight is 353 g/mol. The molecule has 1 aromatic carbocycles. The number of halogens is 4. The molecule has 2 heterocycles. The molecule has 1 saturated heterocycles. The van der Waals surface area contributed by atoms with E-state index in [-0.39, 0.29) is 17.9 Å². The summed E-state index contributed by atoms with van der Waals surface area (Å²) in [6.07, 6.45) is -3.26. The topological polar surface area (TPSA) is 19.4 Å². The van der Waals surface area contributed by atoms with Crippen molar-refractivity contribution in [3.63, 3.8) is 0 Å². The number of benzene rings is 1. The van der Waals surface area contributed by atoms with Crippen molar-refractivity contribution in [1.29, 1.82) is 0 Å².